The monoisotopic (exact) mass is 393 g/mol. The molecule has 2 heterocycles. The van der Waals surface area contributed by atoms with Gasteiger partial charge in [-0.15, -0.1) is 0 Å². The predicted octanol–water partition coefficient (Wildman–Crippen LogP) is 5.20. The molecule has 0 atom stereocenters. The first-order valence-electron chi connectivity index (χ1n) is 5.83. The quantitative estimate of drug-likeness (QED) is 0.455. The van der Waals surface area contributed by atoms with Crippen LogP contribution in [-0.4, -0.2) is 15.0 Å². The van der Waals surface area contributed by atoms with Gasteiger partial charge in [-0.3, -0.25) is 0 Å². The zero-order valence-corrected chi connectivity index (χ0v) is 12.8. The molecular weight excluding hydrogens is 390 g/mol. The van der Waals surface area contributed by atoms with Crippen LogP contribution in [0.15, 0.2) is 29.0 Å². The summed E-state index contributed by atoms with van der Waals surface area (Å²) >= 11 is 8.63. The standard InChI is InChI=1S/C13H5BrClF4N3/c14-8-2-10-5(1-9(8)16)6(3-20-10)11-7(13(17,18)19)4-21-12(15)22-11/h1-4,20H. The van der Waals surface area contributed by atoms with Gasteiger partial charge in [-0.1, -0.05) is 0 Å². The van der Waals surface area contributed by atoms with Crippen molar-refractivity contribution >= 4 is 38.4 Å². The molecule has 0 aliphatic rings. The minimum absolute atomic E-state index is 0.0954. The molecule has 0 bridgehead atoms. The predicted molar refractivity (Wildman–Crippen MR) is 77.0 cm³/mol. The zero-order valence-electron chi connectivity index (χ0n) is 10.5. The summed E-state index contributed by atoms with van der Waals surface area (Å²) in [4.78, 5) is 9.82. The van der Waals surface area contributed by atoms with Crippen molar-refractivity contribution in [2.45, 2.75) is 6.18 Å². The molecule has 1 aromatic carbocycles. The third kappa shape index (κ3) is 2.56. The second kappa shape index (κ2) is 5.20. The van der Waals surface area contributed by atoms with Gasteiger partial charge in [0.2, 0.25) is 5.28 Å². The van der Waals surface area contributed by atoms with E-state index in [0.29, 0.717) is 11.7 Å². The fourth-order valence-electron chi connectivity index (χ4n) is 2.09. The summed E-state index contributed by atoms with van der Waals surface area (Å²) in [6.07, 6.45) is -2.72. The Balaban J connectivity index is 2.32. The highest BCUT2D eigenvalue weighted by Gasteiger charge is 2.36. The fourth-order valence-corrected chi connectivity index (χ4v) is 2.56. The number of hydrogen-bond donors (Lipinski definition) is 1. The van der Waals surface area contributed by atoms with Crippen LogP contribution >= 0.6 is 27.5 Å². The van der Waals surface area contributed by atoms with E-state index in [1.54, 1.807) is 0 Å². The van der Waals surface area contributed by atoms with Crippen molar-refractivity contribution in [3.8, 4) is 11.3 Å². The van der Waals surface area contributed by atoms with E-state index in [4.69, 9.17) is 11.6 Å². The first-order chi connectivity index (χ1) is 10.3. The summed E-state index contributed by atoms with van der Waals surface area (Å²) < 4.78 is 53.2. The third-order valence-electron chi connectivity index (χ3n) is 3.04. The van der Waals surface area contributed by atoms with Crippen LogP contribution in [0.4, 0.5) is 17.6 Å². The number of benzene rings is 1. The van der Waals surface area contributed by atoms with Crippen molar-refractivity contribution in [3.63, 3.8) is 0 Å². The fraction of sp³-hybridized carbons (Fsp3) is 0.0769. The lowest BCUT2D eigenvalue weighted by Gasteiger charge is -2.11. The summed E-state index contributed by atoms with van der Waals surface area (Å²) in [6.45, 7) is 0. The van der Waals surface area contributed by atoms with Gasteiger partial charge < -0.3 is 4.98 Å². The molecule has 0 aliphatic carbocycles. The third-order valence-corrected chi connectivity index (χ3v) is 3.83. The number of nitrogens with one attached hydrogen (secondary N) is 1. The number of nitrogens with zero attached hydrogens (tertiary/aromatic N) is 2. The Bertz CT molecular complexity index is 876. The van der Waals surface area contributed by atoms with Gasteiger partial charge in [0.25, 0.3) is 0 Å². The minimum atomic E-state index is -4.66. The molecule has 0 fully saturated rings. The van der Waals surface area contributed by atoms with Crippen molar-refractivity contribution < 1.29 is 17.6 Å². The first kappa shape index (κ1) is 15.2. The molecule has 3 rings (SSSR count). The Morgan fingerprint density at radius 3 is 2.64 bits per heavy atom. The molecule has 0 amide bonds. The molecular formula is C13H5BrClF4N3. The van der Waals surface area contributed by atoms with Gasteiger partial charge in [-0.05, 0) is 39.7 Å². The molecule has 0 saturated carbocycles. The average molecular weight is 395 g/mol. The lowest BCUT2D eigenvalue weighted by molar-refractivity contribution is -0.137. The van der Waals surface area contributed by atoms with Gasteiger partial charge >= 0.3 is 6.18 Å². The van der Waals surface area contributed by atoms with Crippen molar-refractivity contribution in [2.75, 3.05) is 0 Å². The van der Waals surface area contributed by atoms with Crippen LogP contribution in [0, 0.1) is 5.82 Å². The second-order valence-electron chi connectivity index (χ2n) is 4.41. The van der Waals surface area contributed by atoms with Crippen molar-refractivity contribution in [1.29, 1.82) is 0 Å². The Hall–Kier alpha value is -1.67. The van der Waals surface area contributed by atoms with E-state index in [2.05, 4.69) is 30.9 Å². The van der Waals surface area contributed by atoms with Gasteiger partial charge in [0.1, 0.15) is 11.4 Å². The summed E-state index contributed by atoms with van der Waals surface area (Å²) in [7, 11) is 0. The summed E-state index contributed by atoms with van der Waals surface area (Å²) in [6, 6.07) is 2.56. The van der Waals surface area contributed by atoms with E-state index in [1.807, 2.05) is 0 Å². The van der Waals surface area contributed by atoms with Gasteiger partial charge in [-0.25, -0.2) is 14.4 Å². The summed E-state index contributed by atoms with van der Waals surface area (Å²) in [5, 5.41) is -0.0594. The van der Waals surface area contributed by atoms with E-state index in [1.165, 1.54) is 12.3 Å². The molecule has 22 heavy (non-hydrogen) atoms. The number of aromatic amines is 1. The molecule has 0 saturated heterocycles. The Kier molecular flexibility index (Phi) is 3.60. The highest BCUT2D eigenvalue weighted by molar-refractivity contribution is 9.10. The molecule has 0 spiro atoms. The normalized spacial score (nSPS) is 12.1. The second-order valence-corrected chi connectivity index (χ2v) is 5.61. The SMILES string of the molecule is Fc1cc2c(-c3nc(Cl)ncc3C(F)(F)F)c[nH]c2cc1Br. The van der Waals surface area contributed by atoms with Crippen LogP contribution in [0.1, 0.15) is 5.56 Å². The number of fused-ring (bicyclic) bond motifs is 1. The molecule has 1 N–H and O–H groups in total. The maximum atomic E-state index is 13.7. The average Bonchev–Trinajstić information content (AvgIpc) is 2.80. The van der Waals surface area contributed by atoms with Crippen molar-refractivity contribution in [2.24, 2.45) is 0 Å². The van der Waals surface area contributed by atoms with Crippen LogP contribution in [0.25, 0.3) is 22.2 Å². The van der Waals surface area contributed by atoms with Crippen molar-refractivity contribution in [1.82, 2.24) is 15.0 Å². The number of halogens is 6. The van der Waals surface area contributed by atoms with Gasteiger partial charge in [0.05, 0.1) is 10.2 Å². The highest BCUT2D eigenvalue weighted by atomic mass is 79.9. The molecule has 114 valence electrons. The number of hydrogen-bond acceptors (Lipinski definition) is 2. The van der Waals surface area contributed by atoms with Crippen LogP contribution in [0.3, 0.4) is 0 Å². The summed E-state index contributed by atoms with van der Waals surface area (Å²) in [5.41, 5.74) is -0.884. The van der Waals surface area contributed by atoms with Crippen molar-refractivity contribution in [3.05, 3.63) is 45.7 Å². The lowest BCUT2D eigenvalue weighted by Crippen LogP contribution is -2.09. The smallest absolute Gasteiger partial charge is 0.360 e. The summed E-state index contributed by atoms with van der Waals surface area (Å²) in [5.74, 6) is -0.595. The molecule has 3 aromatic rings. The largest absolute Gasteiger partial charge is 0.419 e. The molecule has 0 aliphatic heterocycles. The maximum Gasteiger partial charge on any atom is 0.419 e. The van der Waals surface area contributed by atoms with E-state index >= 15 is 0 Å². The molecule has 2 aromatic heterocycles. The number of alkyl halides is 3. The topological polar surface area (TPSA) is 41.6 Å². The van der Waals surface area contributed by atoms with E-state index in [9.17, 15) is 17.6 Å². The molecule has 0 radical (unpaired) electrons. The first-order valence-corrected chi connectivity index (χ1v) is 7.00. The van der Waals surface area contributed by atoms with E-state index < -0.39 is 23.3 Å². The Morgan fingerprint density at radius 2 is 1.95 bits per heavy atom. The van der Waals surface area contributed by atoms with E-state index in [0.717, 1.165) is 6.07 Å². The zero-order chi connectivity index (χ0) is 16.1. The number of rotatable bonds is 1. The van der Waals surface area contributed by atoms with Gasteiger partial charge in [0.15, 0.2) is 0 Å². The minimum Gasteiger partial charge on any atom is -0.360 e. The van der Waals surface area contributed by atoms with E-state index in [-0.39, 0.29) is 20.7 Å². The Morgan fingerprint density at radius 1 is 1.23 bits per heavy atom. The molecule has 9 heteroatoms. The molecule has 3 nitrogen and oxygen atoms in total. The van der Waals surface area contributed by atoms with Crippen LogP contribution in [-0.2, 0) is 6.18 Å². The number of aromatic nitrogens is 3. The van der Waals surface area contributed by atoms with Crippen LogP contribution < -0.4 is 0 Å². The highest BCUT2D eigenvalue weighted by Crippen LogP contribution is 2.39. The van der Waals surface area contributed by atoms with Crippen LogP contribution in [0.5, 0.6) is 0 Å². The maximum absolute atomic E-state index is 13.7. The van der Waals surface area contributed by atoms with Gasteiger partial charge in [0, 0.05) is 28.9 Å². The lowest BCUT2D eigenvalue weighted by atomic mass is 10.1. The molecule has 0 unspecified atom stereocenters. The van der Waals surface area contributed by atoms with Crippen LogP contribution in [0.2, 0.25) is 5.28 Å². The van der Waals surface area contributed by atoms with Gasteiger partial charge in [-0.2, -0.15) is 13.2 Å². The Labute approximate surface area is 134 Å². The number of H-pyrrole nitrogens is 1.